The molecule has 1 aliphatic carbocycles. The number of carbonyl (C=O) groups excluding carboxylic acids is 1. The number of hydrogen-bond acceptors (Lipinski definition) is 1. The Morgan fingerprint density at radius 3 is 2.81 bits per heavy atom. The first kappa shape index (κ1) is 14.3. The van der Waals surface area contributed by atoms with Crippen LogP contribution in [0.1, 0.15) is 34.9 Å². The minimum atomic E-state index is -0.532. The van der Waals surface area contributed by atoms with Crippen LogP contribution in [0.25, 0.3) is 0 Å². The van der Waals surface area contributed by atoms with Crippen molar-refractivity contribution in [1.82, 2.24) is 9.88 Å². The third-order valence-electron chi connectivity index (χ3n) is 3.44. The van der Waals surface area contributed by atoms with Crippen LogP contribution in [0.5, 0.6) is 0 Å². The van der Waals surface area contributed by atoms with Crippen molar-refractivity contribution in [3.63, 3.8) is 0 Å². The van der Waals surface area contributed by atoms with Gasteiger partial charge in [0, 0.05) is 28.8 Å². The van der Waals surface area contributed by atoms with Gasteiger partial charge in [0.15, 0.2) is 0 Å². The van der Waals surface area contributed by atoms with Crippen molar-refractivity contribution in [2.24, 2.45) is 0 Å². The summed E-state index contributed by atoms with van der Waals surface area (Å²) in [6.07, 6.45) is 3.98. The van der Waals surface area contributed by atoms with Gasteiger partial charge in [0.25, 0.3) is 5.91 Å². The van der Waals surface area contributed by atoms with Crippen LogP contribution in [0, 0.1) is 11.6 Å². The van der Waals surface area contributed by atoms with Gasteiger partial charge in [-0.2, -0.15) is 0 Å². The van der Waals surface area contributed by atoms with Crippen molar-refractivity contribution in [2.75, 3.05) is 0 Å². The van der Waals surface area contributed by atoms with Crippen LogP contribution >= 0.6 is 15.9 Å². The molecular formula is C15H13BrF2N2O. The van der Waals surface area contributed by atoms with E-state index < -0.39 is 11.6 Å². The molecule has 0 spiro atoms. The van der Waals surface area contributed by atoms with Gasteiger partial charge in [-0.15, -0.1) is 0 Å². The van der Waals surface area contributed by atoms with E-state index in [9.17, 15) is 13.6 Å². The van der Waals surface area contributed by atoms with Crippen molar-refractivity contribution in [1.29, 1.82) is 0 Å². The monoisotopic (exact) mass is 354 g/mol. The normalized spacial score (nSPS) is 14.2. The highest BCUT2D eigenvalue weighted by atomic mass is 79.9. The Hall–Kier alpha value is -1.69. The zero-order valence-electron chi connectivity index (χ0n) is 11.1. The van der Waals surface area contributed by atoms with E-state index in [1.54, 1.807) is 6.07 Å². The number of aromatic nitrogens is 1. The predicted octanol–water partition coefficient (Wildman–Crippen LogP) is 3.79. The first-order valence-electron chi connectivity index (χ1n) is 6.64. The van der Waals surface area contributed by atoms with Gasteiger partial charge >= 0.3 is 0 Å². The predicted molar refractivity (Wildman–Crippen MR) is 77.9 cm³/mol. The summed E-state index contributed by atoms with van der Waals surface area (Å²) in [5, 5.41) is 2.63. The molecule has 1 saturated carbocycles. The number of benzene rings is 1. The molecule has 2 aromatic rings. The lowest BCUT2D eigenvalue weighted by atomic mass is 10.2. The first-order chi connectivity index (χ1) is 10.0. The van der Waals surface area contributed by atoms with Gasteiger partial charge in [-0.1, -0.05) is 0 Å². The molecule has 110 valence electrons. The number of amides is 1. The molecule has 3 nitrogen and oxygen atoms in total. The number of hydrogen-bond donors (Lipinski definition) is 1. The Bertz CT molecular complexity index is 695. The van der Waals surface area contributed by atoms with Crippen molar-refractivity contribution in [3.05, 3.63) is 57.8 Å². The van der Waals surface area contributed by atoms with Crippen LogP contribution in [-0.2, 0) is 6.54 Å². The van der Waals surface area contributed by atoms with Crippen LogP contribution in [0.2, 0.25) is 0 Å². The van der Waals surface area contributed by atoms with Gasteiger partial charge in [0.05, 0.1) is 0 Å². The highest BCUT2D eigenvalue weighted by Crippen LogP contribution is 2.37. The molecule has 6 heteroatoms. The quantitative estimate of drug-likeness (QED) is 0.890. The van der Waals surface area contributed by atoms with Crippen molar-refractivity contribution in [3.8, 4) is 0 Å². The van der Waals surface area contributed by atoms with Crippen LogP contribution in [0.3, 0.4) is 0 Å². The summed E-state index contributed by atoms with van der Waals surface area (Å²) in [7, 11) is 0. The lowest BCUT2D eigenvalue weighted by Gasteiger charge is -2.09. The van der Waals surface area contributed by atoms with Crippen molar-refractivity contribution >= 4 is 21.8 Å². The smallest absolute Gasteiger partial charge is 0.268 e. The number of rotatable bonds is 4. The second-order valence-electron chi connectivity index (χ2n) is 5.10. The van der Waals surface area contributed by atoms with E-state index in [1.807, 2.05) is 10.8 Å². The molecule has 3 rings (SSSR count). The lowest BCUT2D eigenvalue weighted by Crippen LogP contribution is -2.25. The molecule has 1 aliphatic rings. The Kier molecular flexibility index (Phi) is 3.80. The second kappa shape index (κ2) is 5.60. The Balaban J connectivity index is 1.73. The minimum absolute atomic E-state index is 0.0457. The minimum Gasteiger partial charge on any atom is -0.347 e. The fourth-order valence-corrected chi connectivity index (χ4v) is 2.66. The van der Waals surface area contributed by atoms with Crippen LogP contribution in [-0.4, -0.2) is 10.5 Å². The Morgan fingerprint density at radius 2 is 2.10 bits per heavy atom. The van der Waals surface area contributed by atoms with Crippen LogP contribution in [0.4, 0.5) is 8.78 Å². The van der Waals surface area contributed by atoms with E-state index in [0.29, 0.717) is 11.7 Å². The van der Waals surface area contributed by atoms with Gasteiger partial charge in [-0.25, -0.2) is 8.78 Å². The summed E-state index contributed by atoms with van der Waals surface area (Å²) in [5.41, 5.74) is 0.660. The summed E-state index contributed by atoms with van der Waals surface area (Å²) in [4.78, 5) is 12.2. The standard InChI is InChI=1S/C15H13BrF2N2O/c16-10-6-14(20(8-10)12-2-3-12)15(21)19-7-9-5-11(17)1-4-13(9)18/h1,4-6,8,12H,2-3,7H2,(H,19,21). The van der Waals surface area contributed by atoms with E-state index in [4.69, 9.17) is 0 Å². The highest BCUT2D eigenvalue weighted by molar-refractivity contribution is 9.10. The van der Waals surface area contributed by atoms with E-state index in [0.717, 1.165) is 35.5 Å². The Morgan fingerprint density at radius 1 is 1.33 bits per heavy atom. The third kappa shape index (κ3) is 3.15. The molecule has 1 N–H and O–H groups in total. The van der Waals surface area contributed by atoms with E-state index >= 15 is 0 Å². The van der Waals surface area contributed by atoms with Gasteiger partial charge < -0.3 is 9.88 Å². The molecule has 1 fully saturated rings. The third-order valence-corrected chi connectivity index (χ3v) is 3.87. The van der Waals surface area contributed by atoms with E-state index in [2.05, 4.69) is 21.2 Å². The molecule has 1 aromatic heterocycles. The molecule has 0 radical (unpaired) electrons. The van der Waals surface area contributed by atoms with Gasteiger partial charge in [0.2, 0.25) is 0 Å². The van der Waals surface area contributed by atoms with Crippen LogP contribution < -0.4 is 5.32 Å². The lowest BCUT2D eigenvalue weighted by molar-refractivity contribution is 0.0941. The SMILES string of the molecule is O=C(NCc1cc(F)ccc1F)c1cc(Br)cn1C1CC1. The molecule has 0 atom stereocenters. The fraction of sp³-hybridized carbons (Fsp3) is 0.267. The number of halogens is 3. The summed E-state index contributed by atoms with van der Waals surface area (Å²) in [6.45, 7) is -0.0457. The molecule has 21 heavy (non-hydrogen) atoms. The number of nitrogens with one attached hydrogen (secondary N) is 1. The molecule has 0 bridgehead atoms. The summed E-state index contributed by atoms with van der Waals surface area (Å²) < 4.78 is 29.3. The maximum absolute atomic E-state index is 13.5. The maximum atomic E-state index is 13.5. The average molecular weight is 355 g/mol. The molecule has 0 aliphatic heterocycles. The molecule has 1 aromatic carbocycles. The molecule has 1 heterocycles. The van der Waals surface area contributed by atoms with E-state index in [1.165, 1.54) is 0 Å². The summed E-state index contributed by atoms with van der Waals surface area (Å²) in [5.74, 6) is -1.35. The summed E-state index contributed by atoms with van der Waals surface area (Å²) in [6, 6.07) is 5.29. The van der Waals surface area contributed by atoms with E-state index in [-0.39, 0.29) is 18.0 Å². The zero-order chi connectivity index (χ0) is 15.0. The molecule has 0 unspecified atom stereocenters. The van der Waals surface area contributed by atoms with Gasteiger partial charge in [0.1, 0.15) is 17.3 Å². The average Bonchev–Trinajstić information content (AvgIpc) is 3.22. The second-order valence-corrected chi connectivity index (χ2v) is 6.02. The molecular weight excluding hydrogens is 342 g/mol. The van der Waals surface area contributed by atoms with Gasteiger partial charge in [-0.3, -0.25) is 4.79 Å². The van der Waals surface area contributed by atoms with Crippen molar-refractivity contribution < 1.29 is 13.6 Å². The molecule has 0 saturated heterocycles. The van der Waals surface area contributed by atoms with Gasteiger partial charge in [-0.05, 0) is 53.0 Å². The Labute approximate surface area is 129 Å². The molecule has 1 amide bonds. The fourth-order valence-electron chi connectivity index (χ4n) is 2.23. The number of nitrogens with zero attached hydrogens (tertiary/aromatic N) is 1. The topological polar surface area (TPSA) is 34.0 Å². The summed E-state index contributed by atoms with van der Waals surface area (Å²) >= 11 is 3.35. The van der Waals surface area contributed by atoms with Crippen molar-refractivity contribution in [2.45, 2.75) is 25.4 Å². The highest BCUT2D eigenvalue weighted by Gasteiger charge is 2.27. The maximum Gasteiger partial charge on any atom is 0.268 e. The van der Waals surface area contributed by atoms with Crippen LogP contribution in [0.15, 0.2) is 34.9 Å². The first-order valence-corrected chi connectivity index (χ1v) is 7.43. The zero-order valence-corrected chi connectivity index (χ0v) is 12.7. The number of carbonyl (C=O) groups is 1. The largest absolute Gasteiger partial charge is 0.347 e.